The predicted molar refractivity (Wildman–Crippen MR) is 68.6 cm³/mol. The number of para-hydroxylation sites is 1. The summed E-state index contributed by atoms with van der Waals surface area (Å²) in [4.78, 5) is 0. The van der Waals surface area contributed by atoms with Crippen molar-refractivity contribution in [2.75, 3.05) is 11.8 Å². The molecule has 0 aliphatic rings. The lowest BCUT2D eigenvalue weighted by Crippen LogP contribution is -2.23. The molecule has 0 spiro atoms. The van der Waals surface area contributed by atoms with Gasteiger partial charge in [-0.3, -0.25) is 4.72 Å². The fraction of sp³-hybridized carbons (Fsp3) is 0.455. The summed E-state index contributed by atoms with van der Waals surface area (Å²) in [6.07, 6.45) is 0. The first kappa shape index (κ1) is 13.8. The molecule has 0 amide bonds. The van der Waals surface area contributed by atoms with Crippen LogP contribution in [0.5, 0.6) is 5.75 Å². The third-order valence-electron chi connectivity index (χ3n) is 2.42. The smallest absolute Gasteiger partial charge is 0.235 e. The standard InChI is InChI=1S/C11H18N2O3S/c1-8(2)17(14,15)13-11-9(7-12)5-4-6-10(11)16-3/h4-6,8,13H,7,12H2,1-3H3. The van der Waals surface area contributed by atoms with Gasteiger partial charge in [-0.05, 0) is 25.5 Å². The maximum Gasteiger partial charge on any atom is 0.235 e. The van der Waals surface area contributed by atoms with E-state index in [1.165, 1.54) is 7.11 Å². The Kier molecular flexibility index (Phi) is 4.36. The van der Waals surface area contributed by atoms with E-state index in [2.05, 4.69) is 4.72 Å². The number of rotatable bonds is 5. The summed E-state index contributed by atoms with van der Waals surface area (Å²) >= 11 is 0. The SMILES string of the molecule is COc1cccc(CN)c1NS(=O)(=O)C(C)C. The molecule has 3 N–H and O–H groups in total. The van der Waals surface area contributed by atoms with Crippen molar-refractivity contribution in [2.45, 2.75) is 25.6 Å². The van der Waals surface area contributed by atoms with Gasteiger partial charge in [0.2, 0.25) is 10.0 Å². The van der Waals surface area contributed by atoms with E-state index in [4.69, 9.17) is 10.5 Å². The van der Waals surface area contributed by atoms with Gasteiger partial charge in [0.15, 0.2) is 0 Å². The fourth-order valence-electron chi connectivity index (χ4n) is 1.29. The fourth-order valence-corrected chi connectivity index (χ4v) is 2.04. The van der Waals surface area contributed by atoms with Gasteiger partial charge in [0.25, 0.3) is 0 Å². The highest BCUT2D eigenvalue weighted by Gasteiger charge is 2.19. The van der Waals surface area contributed by atoms with Crippen molar-refractivity contribution < 1.29 is 13.2 Å². The summed E-state index contributed by atoms with van der Waals surface area (Å²) in [6.45, 7) is 3.47. The molecular formula is C11H18N2O3S. The first-order valence-electron chi connectivity index (χ1n) is 5.30. The van der Waals surface area contributed by atoms with Gasteiger partial charge in [-0.15, -0.1) is 0 Å². The Morgan fingerprint density at radius 3 is 2.53 bits per heavy atom. The van der Waals surface area contributed by atoms with Gasteiger partial charge in [-0.25, -0.2) is 8.42 Å². The van der Waals surface area contributed by atoms with Crippen molar-refractivity contribution in [3.8, 4) is 5.75 Å². The van der Waals surface area contributed by atoms with Gasteiger partial charge in [0.1, 0.15) is 5.75 Å². The number of nitrogens with two attached hydrogens (primary N) is 1. The average Bonchev–Trinajstić information content (AvgIpc) is 2.28. The Morgan fingerprint density at radius 1 is 1.41 bits per heavy atom. The van der Waals surface area contributed by atoms with Crippen LogP contribution in [0.25, 0.3) is 0 Å². The molecular weight excluding hydrogens is 240 g/mol. The Labute approximate surface area is 102 Å². The van der Waals surface area contributed by atoms with Crippen molar-refractivity contribution in [1.82, 2.24) is 0 Å². The van der Waals surface area contributed by atoms with Crippen molar-refractivity contribution >= 4 is 15.7 Å². The van der Waals surface area contributed by atoms with Crippen LogP contribution in [0.3, 0.4) is 0 Å². The number of nitrogens with one attached hydrogen (secondary N) is 1. The maximum absolute atomic E-state index is 11.8. The summed E-state index contributed by atoms with van der Waals surface area (Å²) in [5, 5.41) is -0.516. The third-order valence-corrected chi connectivity index (χ3v) is 4.15. The number of ether oxygens (including phenoxy) is 1. The van der Waals surface area contributed by atoms with Crippen molar-refractivity contribution in [2.24, 2.45) is 5.73 Å². The minimum Gasteiger partial charge on any atom is -0.495 e. The number of methoxy groups -OCH3 is 1. The van der Waals surface area contributed by atoms with Crippen LogP contribution in [0.1, 0.15) is 19.4 Å². The van der Waals surface area contributed by atoms with Crippen LogP contribution >= 0.6 is 0 Å². The highest BCUT2D eigenvalue weighted by molar-refractivity contribution is 7.93. The van der Waals surface area contributed by atoms with Gasteiger partial charge >= 0.3 is 0 Å². The number of anilines is 1. The van der Waals surface area contributed by atoms with Crippen molar-refractivity contribution in [3.63, 3.8) is 0 Å². The molecule has 0 aromatic heterocycles. The second kappa shape index (κ2) is 5.37. The van der Waals surface area contributed by atoms with Crippen LogP contribution in [-0.4, -0.2) is 20.8 Å². The van der Waals surface area contributed by atoms with E-state index in [1.807, 2.05) is 0 Å². The molecule has 0 saturated carbocycles. The summed E-state index contributed by atoms with van der Waals surface area (Å²) in [5.41, 5.74) is 6.70. The zero-order valence-corrected chi connectivity index (χ0v) is 11.0. The van der Waals surface area contributed by atoms with Gasteiger partial charge in [-0.1, -0.05) is 12.1 Å². The van der Waals surface area contributed by atoms with Crippen LogP contribution in [0.15, 0.2) is 18.2 Å². The van der Waals surface area contributed by atoms with E-state index < -0.39 is 15.3 Å². The van der Waals surface area contributed by atoms with E-state index in [0.29, 0.717) is 17.0 Å². The average molecular weight is 258 g/mol. The zero-order chi connectivity index (χ0) is 13.1. The molecule has 0 radical (unpaired) electrons. The first-order chi connectivity index (χ1) is 7.92. The second-order valence-electron chi connectivity index (χ2n) is 3.89. The molecule has 0 atom stereocenters. The summed E-state index contributed by atoms with van der Waals surface area (Å²) in [7, 11) is -1.91. The molecule has 17 heavy (non-hydrogen) atoms. The minimum atomic E-state index is -3.40. The van der Waals surface area contributed by atoms with Gasteiger partial charge < -0.3 is 10.5 Å². The molecule has 0 aliphatic heterocycles. The Hall–Kier alpha value is -1.27. The molecule has 0 bridgehead atoms. The van der Waals surface area contributed by atoms with E-state index in [0.717, 1.165) is 0 Å². The number of hydrogen-bond donors (Lipinski definition) is 2. The lowest BCUT2D eigenvalue weighted by atomic mass is 10.1. The monoisotopic (exact) mass is 258 g/mol. The molecule has 1 rings (SSSR count). The second-order valence-corrected chi connectivity index (χ2v) is 6.13. The van der Waals surface area contributed by atoms with Crippen LogP contribution < -0.4 is 15.2 Å². The summed E-state index contributed by atoms with van der Waals surface area (Å²) < 4.78 is 31.3. The van der Waals surface area contributed by atoms with Crippen molar-refractivity contribution in [3.05, 3.63) is 23.8 Å². The van der Waals surface area contributed by atoms with E-state index >= 15 is 0 Å². The molecule has 0 unspecified atom stereocenters. The molecule has 96 valence electrons. The predicted octanol–water partition coefficient (Wildman–Crippen LogP) is 1.30. The zero-order valence-electron chi connectivity index (χ0n) is 10.2. The van der Waals surface area contributed by atoms with Crippen LogP contribution in [0, 0.1) is 0 Å². The Morgan fingerprint density at radius 2 is 2.06 bits per heavy atom. The quantitative estimate of drug-likeness (QED) is 0.834. The van der Waals surface area contributed by atoms with Crippen molar-refractivity contribution in [1.29, 1.82) is 0 Å². The van der Waals surface area contributed by atoms with Gasteiger partial charge in [-0.2, -0.15) is 0 Å². The lowest BCUT2D eigenvalue weighted by molar-refractivity contribution is 0.416. The van der Waals surface area contributed by atoms with Gasteiger partial charge in [0.05, 0.1) is 18.0 Å². The minimum absolute atomic E-state index is 0.243. The molecule has 6 heteroatoms. The highest BCUT2D eigenvalue weighted by atomic mass is 32.2. The molecule has 0 aliphatic carbocycles. The summed E-state index contributed by atoms with van der Waals surface area (Å²) in [6, 6.07) is 5.23. The molecule has 0 heterocycles. The molecule has 1 aromatic rings. The van der Waals surface area contributed by atoms with Gasteiger partial charge in [0, 0.05) is 6.54 Å². The van der Waals surface area contributed by atoms with Crippen LogP contribution in [0.2, 0.25) is 0 Å². The largest absolute Gasteiger partial charge is 0.495 e. The Bertz CT molecular complexity index is 461. The highest BCUT2D eigenvalue weighted by Crippen LogP contribution is 2.29. The topological polar surface area (TPSA) is 81.4 Å². The van der Waals surface area contributed by atoms with Crippen LogP contribution in [-0.2, 0) is 16.6 Å². The number of hydrogen-bond acceptors (Lipinski definition) is 4. The molecule has 5 nitrogen and oxygen atoms in total. The molecule has 0 saturated heterocycles. The first-order valence-corrected chi connectivity index (χ1v) is 6.84. The number of sulfonamides is 1. The molecule has 0 fully saturated rings. The maximum atomic E-state index is 11.8. The van der Waals surface area contributed by atoms with Crippen LogP contribution in [0.4, 0.5) is 5.69 Å². The normalized spacial score (nSPS) is 11.6. The lowest BCUT2D eigenvalue weighted by Gasteiger charge is -2.16. The summed E-state index contributed by atoms with van der Waals surface area (Å²) in [5.74, 6) is 0.470. The van der Waals surface area contributed by atoms with E-state index in [-0.39, 0.29) is 6.54 Å². The van der Waals surface area contributed by atoms with E-state index in [9.17, 15) is 8.42 Å². The third kappa shape index (κ3) is 3.10. The Balaban J connectivity index is 3.21. The number of benzene rings is 1. The van der Waals surface area contributed by atoms with E-state index in [1.54, 1.807) is 32.0 Å². The molecule has 1 aromatic carbocycles.